The normalized spacial score (nSPS) is 17.3. The van der Waals surface area contributed by atoms with Crippen LogP contribution in [0, 0.1) is 10.1 Å². The number of hydrogen-bond donors (Lipinski definition) is 0. The zero-order chi connectivity index (χ0) is 22.0. The van der Waals surface area contributed by atoms with Gasteiger partial charge in [-0.2, -0.15) is 0 Å². The van der Waals surface area contributed by atoms with E-state index in [1.54, 1.807) is 41.3 Å². The second kappa shape index (κ2) is 8.67. The van der Waals surface area contributed by atoms with Gasteiger partial charge in [0.05, 0.1) is 16.1 Å². The predicted molar refractivity (Wildman–Crippen MR) is 113 cm³/mol. The molecule has 0 aromatic heterocycles. The van der Waals surface area contributed by atoms with E-state index in [0.29, 0.717) is 18.7 Å². The molecule has 0 N–H and O–H groups in total. The first-order chi connectivity index (χ1) is 15.0. The van der Waals surface area contributed by atoms with Crippen LogP contribution in [-0.2, 0) is 11.2 Å². The van der Waals surface area contributed by atoms with Crippen LogP contribution in [0.25, 0.3) is 0 Å². The predicted octanol–water partition coefficient (Wildman–Crippen LogP) is 3.20. The largest absolute Gasteiger partial charge is 0.341 e. The summed E-state index contributed by atoms with van der Waals surface area (Å²) in [6, 6.07) is 11.5. The highest BCUT2D eigenvalue weighted by atomic mass is 16.6. The number of imide groups is 1. The number of nitro benzene ring substituents is 1. The molecule has 3 amide bonds. The fraction of sp³-hybridized carbons (Fsp3) is 0.348. The number of amides is 3. The molecule has 2 aromatic rings. The zero-order valence-electron chi connectivity index (χ0n) is 17.0. The lowest BCUT2D eigenvalue weighted by atomic mass is 10.0. The Morgan fingerprint density at radius 3 is 2.13 bits per heavy atom. The minimum Gasteiger partial charge on any atom is -0.341 e. The van der Waals surface area contributed by atoms with Crippen molar-refractivity contribution in [2.24, 2.45) is 0 Å². The number of hydrogen-bond acceptors (Lipinski definition) is 5. The van der Waals surface area contributed by atoms with Crippen molar-refractivity contribution < 1.29 is 19.3 Å². The Labute approximate surface area is 179 Å². The van der Waals surface area contributed by atoms with Crippen molar-refractivity contribution in [2.75, 3.05) is 13.1 Å². The van der Waals surface area contributed by atoms with E-state index in [1.165, 1.54) is 12.1 Å². The number of fused-ring (bicyclic) bond motifs is 1. The molecule has 1 unspecified atom stereocenters. The average molecular weight is 421 g/mol. The lowest BCUT2D eigenvalue weighted by Gasteiger charge is -2.31. The Morgan fingerprint density at radius 1 is 0.935 bits per heavy atom. The first-order valence-corrected chi connectivity index (χ1v) is 10.5. The number of nitrogens with zero attached hydrogens (tertiary/aromatic N) is 3. The topological polar surface area (TPSA) is 101 Å². The Balaban J connectivity index is 1.70. The van der Waals surface area contributed by atoms with Crippen molar-refractivity contribution >= 4 is 23.4 Å². The summed E-state index contributed by atoms with van der Waals surface area (Å²) in [5.74, 6) is -1.29. The third-order valence-electron chi connectivity index (χ3n) is 5.89. The van der Waals surface area contributed by atoms with Crippen molar-refractivity contribution in [3.8, 4) is 0 Å². The standard InChI is InChI=1S/C23H23N3O5/c27-21-18-10-3-4-11-19(18)22(28)25(21)20(23(29)24-12-5-1-2-6-13-24)15-16-8-7-9-17(14-16)26(30)31/h3-4,7-11,14,20H,1-2,5-6,12-13,15H2. The summed E-state index contributed by atoms with van der Waals surface area (Å²) in [7, 11) is 0. The molecular weight excluding hydrogens is 398 g/mol. The lowest BCUT2D eigenvalue weighted by molar-refractivity contribution is -0.384. The van der Waals surface area contributed by atoms with E-state index in [9.17, 15) is 24.5 Å². The molecule has 0 aliphatic carbocycles. The Hall–Kier alpha value is -3.55. The van der Waals surface area contributed by atoms with Crippen LogP contribution in [0.2, 0.25) is 0 Å². The van der Waals surface area contributed by atoms with Gasteiger partial charge in [-0.15, -0.1) is 0 Å². The van der Waals surface area contributed by atoms with Crippen molar-refractivity contribution in [2.45, 2.75) is 38.1 Å². The molecule has 31 heavy (non-hydrogen) atoms. The second-order valence-corrected chi connectivity index (χ2v) is 7.91. The van der Waals surface area contributed by atoms with Gasteiger partial charge in [-0.25, -0.2) is 0 Å². The molecule has 2 heterocycles. The molecule has 0 radical (unpaired) electrons. The molecule has 2 aliphatic heterocycles. The molecule has 2 aliphatic rings. The molecule has 8 heteroatoms. The van der Waals surface area contributed by atoms with Crippen LogP contribution >= 0.6 is 0 Å². The van der Waals surface area contributed by atoms with Crippen LogP contribution < -0.4 is 0 Å². The van der Waals surface area contributed by atoms with E-state index in [4.69, 9.17) is 0 Å². The first kappa shape index (κ1) is 20.7. The van der Waals surface area contributed by atoms with Crippen LogP contribution in [0.5, 0.6) is 0 Å². The minimum absolute atomic E-state index is 0.0302. The summed E-state index contributed by atoms with van der Waals surface area (Å²) in [6.45, 7) is 1.15. The lowest BCUT2D eigenvalue weighted by Crippen LogP contribution is -2.52. The van der Waals surface area contributed by atoms with Crippen LogP contribution in [0.15, 0.2) is 48.5 Å². The van der Waals surface area contributed by atoms with E-state index < -0.39 is 22.8 Å². The quantitative estimate of drug-likeness (QED) is 0.419. The highest BCUT2D eigenvalue weighted by molar-refractivity contribution is 6.22. The Morgan fingerprint density at radius 2 is 1.55 bits per heavy atom. The smallest absolute Gasteiger partial charge is 0.269 e. The van der Waals surface area contributed by atoms with E-state index >= 15 is 0 Å². The van der Waals surface area contributed by atoms with Gasteiger partial charge in [-0.3, -0.25) is 29.4 Å². The fourth-order valence-corrected chi connectivity index (χ4v) is 4.30. The van der Waals surface area contributed by atoms with Crippen LogP contribution in [-0.4, -0.2) is 51.6 Å². The highest BCUT2D eigenvalue weighted by Crippen LogP contribution is 2.28. The van der Waals surface area contributed by atoms with Gasteiger partial charge in [-0.1, -0.05) is 37.1 Å². The van der Waals surface area contributed by atoms with Gasteiger partial charge in [0.15, 0.2) is 0 Å². The van der Waals surface area contributed by atoms with Crippen LogP contribution in [0.4, 0.5) is 5.69 Å². The second-order valence-electron chi connectivity index (χ2n) is 7.91. The SMILES string of the molecule is O=C(C(Cc1cccc([N+](=O)[O-])c1)N1C(=O)c2ccccc2C1=O)N1CCCCCC1. The van der Waals surface area contributed by atoms with E-state index in [2.05, 4.69) is 0 Å². The number of non-ortho nitro benzene ring substituents is 1. The number of rotatable bonds is 5. The molecule has 0 saturated carbocycles. The maximum absolute atomic E-state index is 13.5. The molecule has 1 atom stereocenters. The van der Waals surface area contributed by atoms with Gasteiger partial charge in [0.25, 0.3) is 17.5 Å². The molecule has 1 fully saturated rings. The first-order valence-electron chi connectivity index (χ1n) is 10.5. The van der Waals surface area contributed by atoms with Crippen molar-refractivity contribution in [1.82, 2.24) is 9.80 Å². The molecule has 1 saturated heterocycles. The van der Waals surface area contributed by atoms with Gasteiger partial charge in [0, 0.05) is 31.6 Å². The minimum atomic E-state index is -1.05. The van der Waals surface area contributed by atoms with Gasteiger partial charge in [0.1, 0.15) is 6.04 Å². The molecular formula is C23H23N3O5. The van der Waals surface area contributed by atoms with Gasteiger partial charge in [-0.05, 0) is 30.5 Å². The van der Waals surface area contributed by atoms with Crippen LogP contribution in [0.3, 0.4) is 0 Å². The fourth-order valence-electron chi connectivity index (χ4n) is 4.30. The van der Waals surface area contributed by atoms with E-state index in [-0.39, 0.29) is 29.1 Å². The van der Waals surface area contributed by atoms with Gasteiger partial charge >= 0.3 is 0 Å². The number of carbonyl (C=O) groups excluding carboxylic acids is 3. The Kier molecular flexibility index (Phi) is 5.79. The third-order valence-corrected chi connectivity index (χ3v) is 5.89. The van der Waals surface area contributed by atoms with E-state index in [0.717, 1.165) is 30.6 Å². The maximum atomic E-state index is 13.5. The van der Waals surface area contributed by atoms with Crippen LogP contribution in [0.1, 0.15) is 52.0 Å². The van der Waals surface area contributed by atoms with Crippen molar-refractivity contribution in [1.29, 1.82) is 0 Å². The third kappa shape index (κ3) is 4.05. The van der Waals surface area contributed by atoms with Gasteiger partial charge in [0.2, 0.25) is 5.91 Å². The van der Waals surface area contributed by atoms with Crippen molar-refractivity contribution in [3.63, 3.8) is 0 Å². The number of likely N-dealkylation sites (tertiary alicyclic amines) is 1. The summed E-state index contributed by atoms with van der Waals surface area (Å²) >= 11 is 0. The number of benzene rings is 2. The summed E-state index contributed by atoms with van der Waals surface area (Å²) < 4.78 is 0. The van der Waals surface area contributed by atoms with Gasteiger partial charge < -0.3 is 4.90 Å². The molecule has 160 valence electrons. The number of carbonyl (C=O) groups is 3. The summed E-state index contributed by atoms with van der Waals surface area (Å²) in [5, 5.41) is 11.2. The molecule has 0 spiro atoms. The monoisotopic (exact) mass is 421 g/mol. The molecule has 0 bridgehead atoms. The molecule has 2 aromatic carbocycles. The highest BCUT2D eigenvalue weighted by Gasteiger charge is 2.43. The Bertz CT molecular complexity index is 1010. The summed E-state index contributed by atoms with van der Waals surface area (Å²) in [6.07, 6.45) is 3.84. The summed E-state index contributed by atoms with van der Waals surface area (Å²) in [4.78, 5) is 53.2. The van der Waals surface area contributed by atoms with E-state index in [1.807, 2.05) is 0 Å². The summed E-state index contributed by atoms with van der Waals surface area (Å²) in [5.41, 5.74) is 0.986. The zero-order valence-corrected chi connectivity index (χ0v) is 17.0. The maximum Gasteiger partial charge on any atom is 0.269 e. The molecule has 8 nitrogen and oxygen atoms in total. The van der Waals surface area contributed by atoms with Crippen molar-refractivity contribution in [3.05, 3.63) is 75.3 Å². The molecule has 4 rings (SSSR count). The number of nitro groups is 1. The average Bonchev–Trinajstić information content (AvgIpc) is 2.96.